The van der Waals surface area contributed by atoms with Crippen LogP contribution in [0.3, 0.4) is 0 Å². The van der Waals surface area contributed by atoms with Gasteiger partial charge in [0.25, 0.3) is 0 Å². The highest BCUT2D eigenvalue weighted by molar-refractivity contribution is 7.89. The smallest absolute Gasteiger partial charge is 0.319 e. The summed E-state index contributed by atoms with van der Waals surface area (Å²) >= 11 is 11.5. The van der Waals surface area contributed by atoms with Crippen molar-refractivity contribution >= 4 is 44.9 Å². The van der Waals surface area contributed by atoms with E-state index in [1.54, 1.807) is 12.1 Å². The fourth-order valence-electron chi connectivity index (χ4n) is 1.22. The second kappa shape index (κ2) is 6.95. The number of nitrogens with two attached hydrogens (primary N) is 1. The van der Waals surface area contributed by atoms with Gasteiger partial charge in [-0.1, -0.05) is 23.2 Å². The van der Waals surface area contributed by atoms with Crippen molar-refractivity contribution in [2.24, 2.45) is 5.14 Å². The van der Waals surface area contributed by atoms with E-state index in [0.29, 0.717) is 15.7 Å². The van der Waals surface area contributed by atoms with Crippen LogP contribution in [0.5, 0.6) is 0 Å². The maximum absolute atomic E-state index is 11.5. The molecule has 0 saturated carbocycles. The quantitative estimate of drug-likeness (QED) is 0.719. The second-order valence-electron chi connectivity index (χ2n) is 3.73. The van der Waals surface area contributed by atoms with E-state index in [9.17, 15) is 13.2 Å². The third-order valence-corrected chi connectivity index (χ3v) is 3.67. The summed E-state index contributed by atoms with van der Waals surface area (Å²) in [4.78, 5) is 11.5. The summed E-state index contributed by atoms with van der Waals surface area (Å²) in [7, 11) is -3.50. The minimum absolute atomic E-state index is 0.181. The Morgan fingerprint density at radius 2 is 1.95 bits per heavy atom. The van der Waals surface area contributed by atoms with Crippen LogP contribution in [0.1, 0.15) is 6.42 Å². The predicted molar refractivity (Wildman–Crippen MR) is 76.1 cm³/mol. The van der Waals surface area contributed by atoms with Gasteiger partial charge in [-0.15, -0.1) is 0 Å². The van der Waals surface area contributed by atoms with E-state index in [0.717, 1.165) is 0 Å². The monoisotopic (exact) mass is 325 g/mol. The molecule has 0 radical (unpaired) electrons. The second-order valence-corrected chi connectivity index (χ2v) is 6.28. The first-order valence-corrected chi connectivity index (χ1v) is 7.75. The van der Waals surface area contributed by atoms with Crippen molar-refractivity contribution in [3.05, 3.63) is 28.2 Å². The van der Waals surface area contributed by atoms with Crippen molar-refractivity contribution in [3.8, 4) is 0 Å². The number of sulfonamides is 1. The molecule has 0 aliphatic carbocycles. The number of carbonyl (C=O) groups is 1. The molecule has 4 N–H and O–H groups in total. The van der Waals surface area contributed by atoms with E-state index in [-0.39, 0.29) is 18.7 Å². The number of urea groups is 1. The fourth-order valence-corrected chi connectivity index (χ4v) is 2.07. The Bertz CT molecular complexity index is 563. The summed E-state index contributed by atoms with van der Waals surface area (Å²) in [6.45, 7) is 0.198. The third kappa shape index (κ3) is 6.63. The van der Waals surface area contributed by atoms with Crippen LogP contribution in [0, 0.1) is 0 Å². The molecule has 1 aromatic carbocycles. The van der Waals surface area contributed by atoms with Crippen molar-refractivity contribution < 1.29 is 13.2 Å². The molecule has 0 atom stereocenters. The van der Waals surface area contributed by atoms with E-state index in [1.807, 2.05) is 0 Å². The first-order valence-electron chi connectivity index (χ1n) is 5.28. The van der Waals surface area contributed by atoms with E-state index in [4.69, 9.17) is 28.3 Å². The molecule has 0 bridgehead atoms. The number of anilines is 1. The predicted octanol–water partition coefficient (Wildman–Crippen LogP) is 1.79. The molecule has 9 heteroatoms. The van der Waals surface area contributed by atoms with Gasteiger partial charge in [-0.05, 0) is 24.6 Å². The molecule has 6 nitrogen and oxygen atoms in total. The SMILES string of the molecule is NS(=O)(=O)CCCNC(=O)Nc1ccc(Cl)c(Cl)c1. The summed E-state index contributed by atoms with van der Waals surface area (Å²) in [5.41, 5.74) is 0.485. The van der Waals surface area contributed by atoms with Crippen molar-refractivity contribution in [3.63, 3.8) is 0 Å². The van der Waals surface area contributed by atoms with Crippen molar-refractivity contribution in [2.45, 2.75) is 6.42 Å². The van der Waals surface area contributed by atoms with Gasteiger partial charge in [-0.2, -0.15) is 0 Å². The maximum atomic E-state index is 11.5. The number of benzene rings is 1. The average Bonchev–Trinajstić information content (AvgIpc) is 2.28. The van der Waals surface area contributed by atoms with Gasteiger partial charge >= 0.3 is 6.03 Å². The summed E-state index contributed by atoms with van der Waals surface area (Å²) in [6, 6.07) is 4.19. The van der Waals surface area contributed by atoms with Gasteiger partial charge in [-0.25, -0.2) is 18.4 Å². The van der Waals surface area contributed by atoms with Crippen LogP contribution in [0.15, 0.2) is 18.2 Å². The van der Waals surface area contributed by atoms with E-state index in [2.05, 4.69) is 10.6 Å². The number of hydrogen-bond acceptors (Lipinski definition) is 3. The average molecular weight is 326 g/mol. The van der Waals surface area contributed by atoms with Crippen LogP contribution in [-0.4, -0.2) is 26.7 Å². The van der Waals surface area contributed by atoms with Gasteiger partial charge < -0.3 is 10.6 Å². The van der Waals surface area contributed by atoms with Crippen LogP contribution in [0.25, 0.3) is 0 Å². The molecule has 1 aromatic rings. The number of primary sulfonamides is 1. The largest absolute Gasteiger partial charge is 0.338 e. The van der Waals surface area contributed by atoms with Gasteiger partial charge in [0.1, 0.15) is 0 Å². The highest BCUT2D eigenvalue weighted by Crippen LogP contribution is 2.24. The van der Waals surface area contributed by atoms with Crippen molar-refractivity contribution in [2.75, 3.05) is 17.6 Å². The Labute approximate surface area is 121 Å². The molecule has 0 fully saturated rings. The molecule has 2 amide bonds. The fraction of sp³-hybridized carbons (Fsp3) is 0.300. The first-order chi connectivity index (χ1) is 8.78. The van der Waals surface area contributed by atoms with Crippen LogP contribution in [0.2, 0.25) is 10.0 Å². The summed E-state index contributed by atoms with van der Waals surface area (Å²) in [5.74, 6) is -0.181. The molecule has 0 saturated heterocycles. The molecule has 0 aliphatic rings. The normalized spacial score (nSPS) is 11.1. The minimum atomic E-state index is -3.50. The molecule has 0 unspecified atom stereocenters. The Hall–Kier alpha value is -1.02. The van der Waals surface area contributed by atoms with Gasteiger partial charge in [0.2, 0.25) is 10.0 Å². The highest BCUT2D eigenvalue weighted by Gasteiger charge is 2.05. The van der Waals surface area contributed by atoms with Gasteiger partial charge in [-0.3, -0.25) is 0 Å². The summed E-state index contributed by atoms with van der Waals surface area (Å²) in [5, 5.41) is 10.6. The molecule has 0 heterocycles. The number of halogens is 2. The van der Waals surface area contributed by atoms with Crippen LogP contribution in [-0.2, 0) is 10.0 Å². The standard InChI is InChI=1S/C10H13Cl2N3O3S/c11-8-3-2-7(6-9(8)12)15-10(16)14-4-1-5-19(13,17)18/h2-3,6H,1,4-5H2,(H2,13,17,18)(H2,14,15,16). The molecular formula is C10H13Cl2N3O3S. The van der Waals surface area contributed by atoms with Crippen molar-refractivity contribution in [1.29, 1.82) is 0 Å². The Balaban J connectivity index is 2.37. The number of hydrogen-bond donors (Lipinski definition) is 3. The van der Waals surface area contributed by atoms with Crippen LogP contribution >= 0.6 is 23.2 Å². The molecule has 0 aromatic heterocycles. The molecule has 0 aliphatic heterocycles. The third-order valence-electron chi connectivity index (χ3n) is 2.07. The zero-order valence-corrected chi connectivity index (χ0v) is 12.1. The number of amides is 2. The zero-order chi connectivity index (χ0) is 14.5. The highest BCUT2D eigenvalue weighted by atomic mass is 35.5. The van der Waals surface area contributed by atoms with Gasteiger partial charge in [0.15, 0.2) is 0 Å². The molecule has 106 valence electrons. The summed E-state index contributed by atoms with van der Waals surface area (Å²) in [6.07, 6.45) is 0.244. The zero-order valence-electron chi connectivity index (χ0n) is 9.82. The molecule has 1 rings (SSSR count). The molecular weight excluding hydrogens is 313 g/mol. The van der Waals surface area contributed by atoms with Crippen LogP contribution < -0.4 is 15.8 Å². The van der Waals surface area contributed by atoms with Crippen LogP contribution in [0.4, 0.5) is 10.5 Å². The molecule has 19 heavy (non-hydrogen) atoms. The summed E-state index contributed by atoms with van der Waals surface area (Å²) < 4.78 is 21.3. The topological polar surface area (TPSA) is 101 Å². The Kier molecular flexibility index (Phi) is 5.86. The first kappa shape index (κ1) is 16.0. The van der Waals surface area contributed by atoms with Gasteiger partial charge in [0, 0.05) is 12.2 Å². The van der Waals surface area contributed by atoms with Gasteiger partial charge in [0.05, 0.1) is 15.8 Å². The lowest BCUT2D eigenvalue weighted by molar-refractivity contribution is 0.252. The lowest BCUT2D eigenvalue weighted by atomic mass is 10.3. The van der Waals surface area contributed by atoms with E-state index < -0.39 is 16.1 Å². The number of nitrogens with one attached hydrogen (secondary N) is 2. The maximum Gasteiger partial charge on any atom is 0.319 e. The number of carbonyl (C=O) groups excluding carboxylic acids is 1. The lowest BCUT2D eigenvalue weighted by Crippen LogP contribution is -2.31. The van der Waals surface area contributed by atoms with E-state index >= 15 is 0 Å². The molecule has 0 spiro atoms. The minimum Gasteiger partial charge on any atom is -0.338 e. The lowest BCUT2D eigenvalue weighted by Gasteiger charge is -2.08. The van der Waals surface area contributed by atoms with Crippen molar-refractivity contribution in [1.82, 2.24) is 5.32 Å². The number of rotatable bonds is 5. The Morgan fingerprint density at radius 3 is 2.53 bits per heavy atom. The van der Waals surface area contributed by atoms with E-state index in [1.165, 1.54) is 6.07 Å². The Morgan fingerprint density at radius 1 is 1.26 bits per heavy atom.